The van der Waals surface area contributed by atoms with Gasteiger partial charge in [-0.05, 0) is 24.3 Å². The molecule has 0 spiro atoms. The number of benzene rings is 1. The van der Waals surface area contributed by atoms with E-state index in [0.717, 1.165) is 4.47 Å². The molecule has 0 amide bonds. The second-order valence-corrected chi connectivity index (χ2v) is 5.57. The summed E-state index contributed by atoms with van der Waals surface area (Å²) < 4.78 is 6.41. The second-order valence-electron chi connectivity index (χ2n) is 4.66. The predicted octanol–water partition coefficient (Wildman–Crippen LogP) is 3.33. The highest BCUT2D eigenvalue weighted by atomic mass is 79.9. The highest BCUT2D eigenvalue weighted by molar-refractivity contribution is 9.10. The van der Waals surface area contributed by atoms with E-state index in [1.165, 1.54) is 0 Å². The summed E-state index contributed by atoms with van der Waals surface area (Å²) in [5, 5.41) is 9.09. The molecule has 0 aromatic heterocycles. The highest BCUT2D eigenvalue weighted by Gasteiger charge is 2.33. The Bertz CT molecular complexity index is 365. The van der Waals surface area contributed by atoms with Crippen molar-refractivity contribution in [2.75, 3.05) is 0 Å². The third-order valence-electron chi connectivity index (χ3n) is 2.08. The molecule has 1 aromatic carbocycles. The Kier molecular flexibility index (Phi) is 3.97. The van der Waals surface area contributed by atoms with Gasteiger partial charge in [0.2, 0.25) is 0 Å². The van der Waals surface area contributed by atoms with E-state index in [4.69, 9.17) is 9.84 Å². The van der Waals surface area contributed by atoms with Crippen LogP contribution in [0.5, 0.6) is 5.75 Å². The maximum Gasteiger partial charge on any atom is 0.345 e. The van der Waals surface area contributed by atoms with Gasteiger partial charge in [0.05, 0.1) is 0 Å². The first kappa shape index (κ1) is 13.0. The van der Waals surface area contributed by atoms with E-state index < -0.39 is 17.5 Å². The minimum Gasteiger partial charge on any atom is -0.478 e. The van der Waals surface area contributed by atoms with E-state index in [0.29, 0.717) is 5.75 Å². The zero-order chi connectivity index (χ0) is 12.3. The van der Waals surface area contributed by atoms with Gasteiger partial charge in [0, 0.05) is 9.89 Å². The van der Waals surface area contributed by atoms with Gasteiger partial charge in [-0.1, -0.05) is 36.7 Å². The lowest BCUT2D eigenvalue weighted by atomic mass is 9.89. The summed E-state index contributed by atoms with van der Waals surface area (Å²) in [6.07, 6.45) is -0.853. The molecule has 0 aliphatic carbocycles. The Morgan fingerprint density at radius 1 is 1.31 bits per heavy atom. The van der Waals surface area contributed by atoms with Crippen LogP contribution in [0, 0.1) is 5.41 Å². The zero-order valence-electron chi connectivity index (χ0n) is 9.53. The van der Waals surface area contributed by atoms with Gasteiger partial charge in [-0.2, -0.15) is 0 Å². The highest BCUT2D eigenvalue weighted by Crippen LogP contribution is 2.26. The number of hydrogen-bond donors (Lipinski definition) is 1. The monoisotopic (exact) mass is 286 g/mol. The van der Waals surface area contributed by atoms with Crippen LogP contribution in [-0.2, 0) is 4.79 Å². The van der Waals surface area contributed by atoms with E-state index in [1.54, 1.807) is 12.1 Å². The Labute approximate surface area is 104 Å². The van der Waals surface area contributed by atoms with Gasteiger partial charge in [-0.15, -0.1) is 0 Å². The van der Waals surface area contributed by atoms with Crippen LogP contribution in [0.25, 0.3) is 0 Å². The van der Waals surface area contributed by atoms with Crippen LogP contribution in [0.4, 0.5) is 0 Å². The van der Waals surface area contributed by atoms with E-state index in [-0.39, 0.29) is 0 Å². The molecule has 0 fully saturated rings. The summed E-state index contributed by atoms with van der Waals surface area (Å²) in [4.78, 5) is 11.1. The van der Waals surface area contributed by atoms with Crippen LogP contribution in [0.3, 0.4) is 0 Å². The molecule has 0 radical (unpaired) electrons. The van der Waals surface area contributed by atoms with Crippen molar-refractivity contribution in [3.8, 4) is 5.75 Å². The molecular weight excluding hydrogens is 272 g/mol. The molecule has 0 unspecified atom stereocenters. The summed E-state index contributed by atoms with van der Waals surface area (Å²) in [7, 11) is 0. The Balaban J connectivity index is 2.84. The van der Waals surface area contributed by atoms with Crippen LogP contribution < -0.4 is 4.74 Å². The summed E-state index contributed by atoms with van der Waals surface area (Å²) in [6.45, 7) is 5.51. The average Bonchev–Trinajstić information content (AvgIpc) is 2.14. The SMILES string of the molecule is CC(C)(C)[C@H](Oc1ccc(Br)cc1)C(=O)O. The zero-order valence-corrected chi connectivity index (χ0v) is 11.1. The second kappa shape index (κ2) is 4.87. The van der Waals surface area contributed by atoms with Crippen LogP contribution in [0.15, 0.2) is 28.7 Å². The van der Waals surface area contributed by atoms with Gasteiger partial charge in [-0.3, -0.25) is 0 Å². The number of hydrogen-bond acceptors (Lipinski definition) is 2. The van der Waals surface area contributed by atoms with Gasteiger partial charge < -0.3 is 9.84 Å². The molecule has 1 aromatic rings. The average molecular weight is 287 g/mol. The molecule has 1 rings (SSSR count). The van der Waals surface area contributed by atoms with Crippen LogP contribution in [0.2, 0.25) is 0 Å². The van der Waals surface area contributed by atoms with Gasteiger partial charge in [0.25, 0.3) is 0 Å². The first-order chi connectivity index (χ1) is 7.30. The van der Waals surface area contributed by atoms with Gasteiger partial charge in [-0.25, -0.2) is 4.79 Å². The normalized spacial score (nSPS) is 13.2. The van der Waals surface area contributed by atoms with Crippen LogP contribution in [-0.4, -0.2) is 17.2 Å². The minimum absolute atomic E-state index is 0.446. The van der Waals surface area contributed by atoms with Crippen molar-refractivity contribution in [1.29, 1.82) is 0 Å². The van der Waals surface area contributed by atoms with E-state index in [1.807, 2.05) is 32.9 Å². The van der Waals surface area contributed by atoms with Gasteiger partial charge >= 0.3 is 5.97 Å². The molecule has 1 atom stereocenters. The molecule has 0 aliphatic heterocycles. The van der Waals surface area contributed by atoms with Crippen molar-refractivity contribution in [1.82, 2.24) is 0 Å². The third-order valence-corrected chi connectivity index (χ3v) is 2.61. The van der Waals surface area contributed by atoms with E-state index in [2.05, 4.69) is 15.9 Å². The number of rotatable bonds is 3. The molecule has 1 N–H and O–H groups in total. The third kappa shape index (κ3) is 3.52. The lowest BCUT2D eigenvalue weighted by molar-refractivity contribution is -0.150. The lowest BCUT2D eigenvalue weighted by Gasteiger charge is -2.27. The standard InChI is InChI=1S/C12H15BrO3/c1-12(2,3)10(11(14)15)16-9-6-4-8(13)5-7-9/h4-7,10H,1-3H3,(H,14,15)/t10-/m1/s1. The number of carboxylic acids is 1. The predicted molar refractivity (Wildman–Crippen MR) is 65.6 cm³/mol. The summed E-state index contributed by atoms with van der Waals surface area (Å²) >= 11 is 3.31. The molecule has 0 saturated heterocycles. The van der Waals surface area contributed by atoms with Crippen molar-refractivity contribution < 1.29 is 14.6 Å². The quantitative estimate of drug-likeness (QED) is 0.927. The van der Waals surface area contributed by atoms with E-state index in [9.17, 15) is 4.79 Å². The molecule has 0 saturated carbocycles. The fourth-order valence-electron chi connectivity index (χ4n) is 1.25. The Morgan fingerprint density at radius 2 is 1.81 bits per heavy atom. The van der Waals surface area contributed by atoms with Crippen molar-refractivity contribution >= 4 is 21.9 Å². The summed E-state index contributed by atoms with van der Waals surface area (Å²) in [5.41, 5.74) is -0.446. The number of ether oxygens (including phenoxy) is 1. The topological polar surface area (TPSA) is 46.5 Å². The fourth-order valence-corrected chi connectivity index (χ4v) is 1.51. The smallest absolute Gasteiger partial charge is 0.345 e. The Morgan fingerprint density at radius 3 is 2.19 bits per heavy atom. The molecule has 0 aliphatic rings. The molecule has 16 heavy (non-hydrogen) atoms. The maximum absolute atomic E-state index is 11.1. The first-order valence-corrected chi connectivity index (χ1v) is 5.75. The molecule has 0 bridgehead atoms. The molecule has 3 nitrogen and oxygen atoms in total. The number of carbonyl (C=O) groups is 1. The molecule has 4 heteroatoms. The molecular formula is C12H15BrO3. The maximum atomic E-state index is 11.1. The van der Waals surface area contributed by atoms with Gasteiger partial charge in [0.15, 0.2) is 6.10 Å². The largest absolute Gasteiger partial charge is 0.478 e. The number of halogens is 1. The lowest BCUT2D eigenvalue weighted by Crippen LogP contribution is -2.39. The van der Waals surface area contributed by atoms with Gasteiger partial charge in [0.1, 0.15) is 5.75 Å². The summed E-state index contributed by atoms with van der Waals surface area (Å²) in [5.74, 6) is -0.388. The van der Waals surface area contributed by atoms with E-state index >= 15 is 0 Å². The van der Waals surface area contributed by atoms with Crippen LogP contribution in [0.1, 0.15) is 20.8 Å². The molecule has 0 heterocycles. The first-order valence-electron chi connectivity index (χ1n) is 4.96. The Hall–Kier alpha value is -1.03. The summed E-state index contributed by atoms with van der Waals surface area (Å²) in [6, 6.07) is 7.12. The molecule has 88 valence electrons. The fraction of sp³-hybridized carbons (Fsp3) is 0.417. The number of carboxylic acid groups (broad SMARTS) is 1. The van der Waals surface area contributed by atoms with Crippen molar-refractivity contribution in [3.05, 3.63) is 28.7 Å². The minimum atomic E-state index is -0.949. The van der Waals surface area contributed by atoms with Crippen molar-refractivity contribution in [2.24, 2.45) is 5.41 Å². The van der Waals surface area contributed by atoms with Crippen LogP contribution >= 0.6 is 15.9 Å². The number of aliphatic carboxylic acids is 1. The van der Waals surface area contributed by atoms with Crippen molar-refractivity contribution in [3.63, 3.8) is 0 Å². The van der Waals surface area contributed by atoms with Crippen molar-refractivity contribution in [2.45, 2.75) is 26.9 Å².